The molecule has 2 aromatic carbocycles. The van der Waals surface area contributed by atoms with Gasteiger partial charge < -0.3 is 20.1 Å². The Morgan fingerprint density at radius 1 is 1.16 bits per heavy atom. The number of benzene rings is 2. The monoisotopic (exact) mass is 418 g/mol. The molecule has 7 heteroatoms. The van der Waals surface area contributed by atoms with E-state index in [1.807, 2.05) is 36.4 Å². The summed E-state index contributed by atoms with van der Waals surface area (Å²) in [6.45, 7) is 4.96. The highest BCUT2D eigenvalue weighted by Crippen LogP contribution is 2.15. The highest BCUT2D eigenvalue weighted by atomic mass is 16.2. The van der Waals surface area contributed by atoms with Crippen LogP contribution in [0.5, 0.6) is 0 Å². The first kappa shape index (κ1) is 20.9. The van der Waals surface area contributed by atoms with E-state index in [9.17, 15) is 4.79 Å². The lowest BCUT2D eigenvalue weighted by molar-refractivity contribution is -0.129. The summed E-state index contributed by atoms with van der Waals surface area (Å²) in [7, 11) is 1.78. The second-order valence-electron chi connectivity index (χ2n) is 7.93. The lowest BCUT2D eigenvalue weighted by atomic mass is 10.1. The molecule has 0 saturated carbocycles. The maximum atomic E-state index is 11.9. The number of aliphatic imine (C=N–C) groups is 1. The Hall–Kier alpha value is -3.35. The predicted octanol–water partition coefficient (Wildman–Crippen LogP) is 2.76. The number of carbonyl (C=O) groups excluding carboxylic acids is 1. The number of rotatable bonds is 6. The van der Waals surface area contributed by atoms with Crippen LogP contribution in [0.1, 0.15) is 30.9 Å². The average Bonchev–Trinajstić information content (AvgIpc) is 3.44. The van der Waals surface area contributed by atoms with Crippen molar-refractivity contribution in [3.05, 3.63) is 66.0 Å². The fourth-order valence-electron chi connectivity index (χ4n) is 4.00. The summed E-state index contributed by atoms with van der Waals surface area (Å²) in [5.74, 6) is 0.987. The van der Waals surface area contributed by atoms with Crippen molar-refractivity contribution >= 4 is 22.9 Å². The van der Waals surface area contributed by atoms with Gasteiger partial charge in [0.05, 0.1) is 17.4 Å². The predicted molar refractivity (Wildman–Crippen MR) is 124 cm³/mol. The van der Waals surface area contributed by atoms with Crippen LogP contribution in [0.2, 0.25) is 0 Å². The Morgan fingerprint density at radius 3 is 2.71 bits per heavy atom. The normalized spacial score (nSPS) is 16.6. The molecule has 0 radical (unpaired) electrons. The van der Waals surface area contributed by atoms with E-state index >= 15 is 0 Å². The lowest BCUT2D eigenvalue weighted by Crippen LogP contribution is -2.44. The number of likely N-dealkylation sites (tertiary alicyclic amines) is 1. The molecule has 7 nitrogen and oxygen atoms in total. The minimum absolute atomic E-state index is 0.219. The Kier molecular flexibility index (Phi) is 6.50. The van der Waals surface area contributed by atoms with Gasteiger partial charge in [-0.15, -0.1) is 0 Å². The molecule has 1 atom stereocenters. The van der Waals surface area contributed by atoms with Crippen LogP contribution in [0, 0.1) is 0 Å². The number of nitrogens with one attached hydrogen (secondary N) is 2. The Morgan fingerprint density at radius 2 is 1.94 bits per heavy atom. The molecule has 0 spiro atoms. The number of hydrogen-bond donors (Lipinski definition) is 2. The fourth-order valence-corrected chi connectivity index (χ4v) is 4.00. The molecule has 31 heavy (non-hydrogen) atoms. The van der Waals surface area contributed by atoms with Crippen LogP contribution in [-0.4, -0.2) is 52.5 Å². The number of guanidine groups is 1. The highest BCUT2D eigenvalue weighted by Gasteiger charge is 2.25. The van der Waals surface area contributed by atoms with Gasteiger partial charge in [0, 0.05) is 45.7 Å². The SMILES string of the molecule is CCC(=O)N1CCC(NC(=NC)NCc2ccc(Cn3cnc4ccccc43)cc2)C1. The summed E-state index contributed by atoms with van der Waals surface area (Å²) in [5, 5.41) is 6.82. The van der Waals surface area contributed by atoms with Crippen molar-refractivity contribution in [2.75, 3.05) is 20.1 Å². The van der Waals surface area contributed by atoms with Crippen molar-refractivity contribution in [1.82, 2.24) is 25.1 Å². The van der Waals surface area contributed by atoms with Gasteiger partial charge in [0.15, 0.2) is 5.96 Å². The number of hydrogen-bond acceptors (Lipinski definition) is 3. The zero-order chi connectivity index (χ0) is 21.6. The van der Waals surface area contributed by atoms with E-state index in [-0.39, 0.29) is 11.9 Å². The molecule has 1 amide bonds. The summed E-state index contributed by atoms with van der Waals surface area (Å²) >= 11 is 0. The molecule has 1 saturated heterocycles. The molecule has 0 aliphatic carbocycles. The summed E-state index contributed by atoms with van der Waals surface area (Å²) in [4.78, 5) is 22.6. The van der Waals surface area contributed by atoms with E-state index in [0.29, 0.717) is 13.0 Å². The van der Waals surface area contributed by atoms with Crippen LogP contribution >= 0.6 is 0 Å². The molecule has 1 aliphatic heterocycles. The zero-order valence-corrected chi connectivity index (χ0v) is 18.2. The summed E-state index contributed by atoms with van der Waals surface area (Å²) in [6.07, 6.45) is 3.41. The molecular weight excluding hydrogens is 388 g/mol. The van der Waals surface area contributed by atoms with Gasteiger partial charge in [-0.3, -0.25) is 9.79 Å². The van der Waals surface area contributed by atoms with Crippen LogP contribution in [0.3, 0.4) is 0 Å². The largest absolute Gasteiger partial charge is 0.352 e. The Labute approximate surface area is 183 Å². The summed E-state index contributed by atoms with van der Waals surface area (Å²) in [6, 6.07) is 17.0. The molecule has 3 aromatic rings. The summed E-state index contributed by atoms with van der Waals surface area (Å²) < 4.78 is 2.17. The van der Waals surface area contributed by atoms with Crippen molar-refractivity contribution < 1.29 is 4.79 Å². The van der Waals surface area contributed by atoms with Gasteiger partial charge in [0.1, 0.15) is 0 Å². The number of imidazole rings is 1. The fraction of sp³-hybridized carbons (Fsp3) is 0.375. The smallest absolute Gasteiger partial charge is 0.222 e. The molecule has 1 aliphatic rings. The molecule has 4 rings (SSSR count). The number of fused-ring (bicyclic) bond motifs is 1. The first-order chi connectivity index (χ1) is 15.2. The van der Waals surface area contributed by atoms with E-state index in [1.165, 1.54) is 11.1 Å². The second kappa shape index (κ2) is 9.64. The van der Waals surface area contributed by atoms with E-state index < -0.39 is 0 Å². The maximum Gasteiger partial charge on any atom is 0.222 e. The van der Waals surface area contributed by atoms with E-state index in [1.54, 1.807) is 7.05 Å². The van der Waals surface area contributed by atoms with Gasteiger partial charge in [0.25, 0.3) is 0 Å². The molecule has 2 N–H and O–H groups in total. The quantitative estimate of drug-likeness (QED) is 0.477. The Balaban J connectivity index is 1.29. The molecular formula is C24H30N6O. The van der Waals surface area contributed by atoms with Crippen LogP contribution in [0.25, 0.3) is 11.0 Å². The average molecular weight is 419 g/mol. The third-order valence-electron chi connectivity index (χ3n) is 5.77. The Bertz CT molecular complexity index is 1060. The van der Waals surface area contributed by atoms with Crippen LogP contribution in [0.4, 0.5) is 0 Å². The highest BCUT2D eigenvalue weighted by molar-refractivity contribution is 5.80. The van der Waals surface area contributed by atoms with Gasteiger partial charge in [-0.2, -0.15) is 0 Å². The molecule has 1 unspecified atom stereocenters. The van der Waals surface area contributed by atoms with Crippen molar-refractivity contribution in [1.29, 1.82) is 0 Å². The van der Waals surface area contributed by atoms with Crippen molar-refractivity contribution in [3.63, 3.8) is 0 Å². The van der Waals surface area contributed by atoms with Gasteiger partial charge in [-0.25, -0.2) is 4.98 Å². The van der Waals surface area contributed by atoms with E-state index in [2.05, 4.69) is 55.5 Å². The van der Waals surface area contributed by atoms with E-state index in [0.717, 1.165) is 43.0 Å². The lowest BCUT2D eigenvalue weighted by Gasteiger charge is -2.18. The third kappa shape index (κ3) is 5.05. The maximum absolute atomic E-state index is 11.9. The summed E-state index contributed by atoms with van der Waals surface area (Å²) in [5.41, 5.74) is 4.60. The number of carbonyl (C=O) groups is 1. The molecule has 162 valence electrons. The molecule has 1 aromatic heterocycles. The molecule has 0 bridgehead atoms. The third-order valence-corrected chi connectivity index (χ3v) is 5.77. The van der Waals surface area contributed by atoms with Gasteiger partial charge in [0.2, 0.25) is 5.91 Å². The first-order valence-corrected chi connectivity index (χ1v) is 10.9. The molecule has 1 fully saturated rings. The van der Waals surface area contributed by atoms with Gasteiger partial charge in [-0.1, -0.05) is 43.3 Å². The number of para-hydroxylation sites is 2. The van der Waals surface area contributed by atoms with Crippen LogP contribution in [0.15, 0.2) is 59.9 Å². The van der Waals surface area contributed by atoms with Crippen molar-refractivity contribution in [2.45, 2.75) is 38.9 Å². The zero-order valence-electron chi connectivity index (χ0n) is 18.2. The minimum atomic E-state index is 0.219. The minimum Gasteiger partial charge on any atom is -0.352 e. The van der Waals surface area contributed by atoms with Crippen molar-refractivity contribution in [2.24, 2.45) is 4.99 Å². The van der Waals surface area contributed by atoms with Gasteiger partial charge in [-0.05, 0) is 29.7 Å². The van der Waals surface area contributed by atoms with Crippen LogP contribution in [-0.2, 0) is 17.9 Å². The number of aromatic nitrogens is 2. The number of nitrogens with zero attached hydrogens (tertiary/aromatic N) is 4. The first-order valence-electron chi connectivity index (χ1n) is 10.9. The van der Waals surface area contributed by atoms with Crippen LogP contribution < -0.4 is 10.6 Å². The van der Waals surface area contributed by atoms with Crippen molar-refractivity contribution in [3.8, 4) is 0 Å². The number of amides is 1. The standard InChI is InChI=1S/C24H30N6O/c1-3-23(31)29-13-12-20(16-29)28-24(25-2)26-14-18-8-10-19(11-9-18)15-30-17-27-21-6-4-5-7-22(21)30/h4-11,17,20H,3,12-16H2,1-2H3,(H2,25,26,28). The second-order valence-corrected chi connectivity index (χ2v) is 7.93. The molecule has 2 heterocycles. The topological polar surface area (TPSA) is 74.6 Å². The van der Waals surface area contributed by atoms with E-state index in [4.69, 9.17) is 0 Å². The van der Waals surface area contributed by atoms with Gasteiger partial charge >= 0.3 is 0 Å².